The fraction of sp³-hybridized carbons (Fsp3) is 0.647. The molecule has 0 spiro atoms. The van der Waals surface area contributed by atoms with Crippen LogP contribution in [0.4, 0.5) is 0 Å². The monoisotopic (exact) mass is 261 g/mol. The summed E-state index contributed by atoms with van der Waals surface area (Å²) in [6, 6.07) is 8.80. The molecular weight excluding hydrogens is 234 g/mol. The highest BCUT2D eigenvalue weighted by Crippen LogP contribution is 2.18. The van der Waals surface area contributed by atoms with Crippen LogP contribution in [0.5, 0.6) is 5.75 Å². The minimum Gasteiger partial charge on any atom is -0.508 e. The number of hydrogen-bond acceptors (Lipinski definition) is 2. The molecule has 2 rings (SSSR count). The minimum atomic E-state index is 0.351. The van der Waals surface area contributed by atoms with Crippen LogP contribution in [0.3, 0.4) is 0 Å². The number of benzene rings is 1. The predicted octanol–water partition coefficient (Wildman–Crippen LogP) is 4.03. The lowest BCUT2D eigenvalue weighted by atomic mass is 9.95. The van der Waals surface area contributed by atoms with Crippen molar-refractivity contribution < 1.29 is 5.11 Å². The number of rotatable bonds is 4. The molecule has 0 radical (unpaired) electrons. The van der Waals surface area contributed by atoms with Crippen LogP contribution in [-0.2, 0) is 6.42 Å². The van der Waals surface area contributed by atoms with Gasteiger partial charge < -0.3 is 10.4 Å². The van der Waals surface area contributed by atoms with Crippen LogP contribution < -0.4 is 5.32 Å². The summed E-state index contributed by atoms with van der Waals surface area (Å²) < 4.78 is 0. The Kier molecular flexibility index (Phi) is 5.71. The number of phenols is 1. The average Bonchev–Trinajstić information content (AvgIpc) is 2.35. The van der Waals surface area contributed by atoms with Gasteiger partial charge >= 0.3 is 0 Å². The maximum atomic E-state index is 9.29. The van der Waals surface area contributed by atoms with Gasteiger partial charge in [-0.1, -0.05) is 44.2 Å². The third kappa shape index (κ3) is 5.23. The van der Waals surface area contributed by atoms with Crippen molar-refractivity contribution in [2.45, 2.75) is 70.4 Å². The Balaban J connectivity index is 1.79. The largest absolute Gasteiger partial charge is 0.508 e. The highest BCUT2D eigenvalue weighted by Gasteiger charge is 2.13. The van der Waals surface area contributed by atoms with E-state index in [0.717, 1.165) is 6.42 Å². The molecule has 1 unspecified atom stereocenters. The van der Waals surface area contributed by atoms with Gasteiger partial charge in [0, 0.05) is 12.1 Å². The molecule has 0 amide bonds. The number of nitrogens with one attached hydrogen (secondary N) is 1. The second-order valence-corrected chi connectivity index (χ2v) is 5.98. The van der Waals surface area contributed by atoms with Crippen molar-refractivity contribution in [3.8, 4) is 5.75 Å². The zero-order chi connectivity index (χ0) is 13.5. The fourth-order valence-electron chi connectivity index (χ4n) is 3.07. The lowest BCUT2D eigenvalue weighted by Gasteiger charge is -2.25. The van der Waals surface area contributed by atoms with Gasteiger partial charge in [-0.25, -0.2) is 0 Å². The van der Waals surface area contributed by atoms with Crippen molar-refractivity contribution in [1.29, 1.82) is 0 Å². The number of hydrogen-bond donors (Lipinski definition) is 2. The summed E-state index contributed by atoms with van der Waals surface area (Å²) in [5.41, 5.74) is 1.30. The molecule has 0 aromatic heterocycles. The lowest BCUT2D eigenvalue weighted by Crippen LogP contribution is -2.38. The lowest BCUT2D eigenvalue weighted by molar-refractivity contribution is 0.358. The van der Waals surface area contributed by atoms with Gasteiger partial charge in [0.25, 0.3) is 0 Å². The molecule has 1 aromatic rings. The fourth-order valence-corrected chi connectivity index (χ4v) is 3.07. The molecule has 0 aliphatic heterocycles. The molecule has 106 valence electrons. The molecule has 0 heterocycles. The van der Waals surface area contributed by atoms with Crippen molar-refractivity contribution >= 4 is 0 Å². The predicted molar refractivity (Wildman–Crippen MR) is 80.5 cm³/mol. The van der Waals surface area contributed by atoms with Gasteiger partial charge in [-0.15, -0.1) is 0 Å². The van der Waals surface area contributed by atoms with Crippen LogP contribution in [0, 0.1) is 0 Å². The smallest absolute Gasteiger partial charge is 0.115 e. The molecule has 1 aromatic carbocycles. The van der Waals surface area contributed by atoms with Crippen molar-refractivity contribution in [3.05, 3.63) is 29.8 Å². The Bertz CT molecular complexity index is 352. The standard InChI is InChI=1S/C17H27NO/c1-14(13-15-9-11-17(19)12-10-15)18-16-7-5-3-2-4-6-8-16/h9-12,14,16,18-19H,2-8,13H2,1H3. The normalized spacial score (nSPS) is 19.6. The average molecular weight is 261 g/mol. The quantitative estimate of drug-likeness (QED) is 0.858. The van der Waals surface area contributed by atoms with E-state index in [1.807, 2.05) is 12.1 Å². The van der Waals surface area contributed by atoms with Crippen molar-refractivity contribution in [3.63, 3.8) is 0 Å². The van der Waals surface area contributed by atoms with Crippen LogP contribution in [0.25, 0.3) is 0 Å². The van der Waals surface area contributed by atoms with Crippen molar-refractivity contribution in [2.75, 3.05) is 0 Å². The van der Waals surface area contributed by atoms with E-state index in [2.05, 4.69) is 12.2 Å². The Morgan fingerprint density at radius 3 is 2.26 bits per heavy atom. The van der Waals surface area contributed by atoms with Crippen LogP contribution in [0.15, 0.2) is 24.3 Å². The zero-order valence-corrected chi connectivity index (χ0v) is 12.1. The van der Waals surface area contributed by atoms with Gasteiger partial charge in [0.1, 0.15) is 5.75 Å². The second kappa shape index (κ2) is 7.54. The maximum absolute atomic E-state index is 9.29. The van der Waals surface area contributed by atoms with Crippen LogP contribution >= 0.6 is 0 Å². The molecule has 2 nitrogen and oxygen atoms in total. The van der Waals surface area contributed by atoms with E-state index in [0.29, 0.717) is 17.8 Å². The zero-order valence-electron chi connectivity index (χ0n) is 12.1. The van der Waals surface area contributed by atoms with E-state index in [-0.39, 0.29) is 0 Å². The Morgan fingerprint density at radius 1 is 1.05 bits per heavy atom. The SMILES string of the molecule is CC(Cc1ccc(O)cc1)NC1CCCCCCC1. The van der Waals surface area contributed by atoms with E-state index in [4.69, 9.17) is 0 Å². The molecule has 1 atom stereocenters. The molecule has 1 saturated carbocycles. The number of aromatic hydroxyl groups is 1. The first-order valence-corrected chi connectivity index (χ1v) is 7.78. The first-order valence-electron chi connectivity index (χ1n) is 7.78. The summed E-state index contributed by atoms with van der Waals surface area (Å²) in [5, 5.41) is 13.1. The molecular formula is C17H27NO. The highest BCUT2D eigenvalue weighted by molar-refractivity contribution is 5.26. The highest BCUT2D eigenvalue weighted by atomic mass is 16.3. The molecule has 1 fully saturated rings. The molecule has 0 saturated heterocycles. The summed E-state index contributed by atoms with van der Waals surface area (Å²) in [5.74, 6) is 0.351. The van der Waals surface area contributed by atoms with Crippen LogP contribution in [-0.4, -0.2) is 17.2 Å². The molecule has 0 bridgehead atoms. The van der Waals surface area contributed by atoms with Gasteiger partial charge in [0.2, 0.25) is 0 Å². The molecule has 2 heteroatoms. The Labute approximate surface area is 117 Å². The van der Waals surface area contributed by atoms with Gasteiger partial charge in [-0.05, 0) is 43.9 Å². The summed E-state index contributed by atoms with van der Waals surface area (Å²) in [7, 11) is 0. The molecule has 19 heavy (non-hydrogen) atoms. The molecule has 1 aliphatic carbocycles. The van der Waals surface area contributed by atoms with Crippen LogP contribution in [0.1, 0.15) is 57.4 Å². The Hall–Kier alpha value is -1.02. The maximum Gasteiger partial charge on any atom is 0.115 e. The van der Waals surface area contributed by atoms with E-state index in [9.17, 15) is 5.11 Å². The first-order chi connectivity index (χ1) is 9.24. The summed E-state index contributed by atoms with van der Waals surface area (Å²) >= 11 is 0. The summed E-state index contributed by atoms with van der Waals surface area (Å²) in [6.45, 7) is 2.27. The van der Waals surface area contributed by atoms with E-state index < -0.39 is 0 Å². The first kappa shape index (κ1) is 14.4. The number of phenolic OH excluding ortho intramolecular Hbond substituents is 1. The third-order valence-corrected chi connectivity index (χ3v) is 4.10. The third-order valence-electron chi connectivity index (χ3n) is 4.10. The van der Waals surface area contributed by atoms with E-state index in [1.54, 1.807) is 12.1 Å². The van der Waals surface area contributed by atoms with E-state index >= 15 is 0 Å². The van der Waals surface area contributed by atoms with Gasteiger partial charge in [-0.3, -0.25) is 0 Å². The van der Waals surface area contributed by atoms with Gasteiger partial charge in [0.05, 0.1) is 0 Å². The van der Waals surface area contributed by atoms with Crippen LogP contribution in [0.2, 0.25) is 0 Å². The van der Waals surface area contributed by atoms with E-state index in [1.165, 1.54) is 50.5 Å². The van der Waals surface area contributed by atoms with Gasteiger partial charge in [-0.2, -0.15) is 0 Å². The topological polar surface area (TPSA) is 32.3 Å². The molecule has 2 N–H and O–H groups in total. The van der Waals surface area contributed by atoms with Crippen molar-refractivity contribution in [2.24, 2.45) is 0 Å². The van der Waals surface area contributed by atoms with Gasteiger partial charge in [0.15, 0.2) is 0 Å². The Morgan fingerprint density at radius 2 is 1.63 bits per heavy atom. The minimum absolute atomic E-state index is 0.351. The van der Waals surface area contributed by atoms with Crippen molar-refractivity contribution in [1.82, 2.24) is 5.32 Å². The summed E-state index contributed by atoms with van der Waals surface area (Å²) in [4.78, 5) is 0. The second-order valence-electron chi connectivity index (χ2n) is 5.98. The molecule has 1 aliphatic rings. The summed E-state index contributed by atoms with van der Waals surface area (Å²) in [6.07, 6.45) is 10.7.